The molecule has 6 nitrogen and oxygen atoms in total. The number of nitrogens with zero attached hydrogens (tertiary/aromatic N) is 1. The molecule has 0 aromatic carbocycles. The molecule has 0 radical (unpaired) electrons. The van der Waals surface area contributed by atoms with Crippen LogP contribution in [0.2, 0.25) is 18.1 Å². The van der Waals surface area contributed by atoms with Crippen molar-refractivity contribution < 1.29 is 18.9 Å². The molecule has 0 saturated carbocycles. The minimum absolute atomic E-state index is 0.0412. The lowest BCUT2D eigenvalue weighted by Gasteiger charge is -2.30. The zero-order valence-electron chi connectivity index (χ0n) is 18.5. The Kier molecular flexibility index (Phi) is 9.33. The van der Waals surface area contributed by atoms with Crippen molar-refractivity contribution in [3.05, 3.63) is 49.6 Å². The van der Waals surface area contributed by atoms with Gasteiger partial charge in [0.25, 0.3) is 8.32 Å². The van der Waals surface area contributed by atoms with Gasteiger partial charge in [-0.15, -0.1) is 11.3 Å². The summed E-state index contributed by atoms with van der Waals surface area (Å²) in [5.74, 6) is -0.998. The minimum atomic E-state index is -2.16. The Hall–Kier alpha value is -1.89. The van der Waals surface area contributed by atoms with E-state index in [-0.39, 0.29) is 17.2 Å². The summed E-state index contributed by atoms with van der Waals surface area (Å²) in [7, 11) is -2.16. The Morgan fingerprint density at radius 1 is 1.28 bits per heavy atom. The van der Waals surface area contributed by atoms with E-state index in [1.165, 1.54) is 11.3 Å². The van der Waals surface area contributed by atoms with Gasteiger partial charge in [-0.2, -0.15) is 0 Å². The molecule has 0 N–H and O–H groups in total. The van der Waals surface area contributed by atoms with E-state index in [0.717, 1.165) is 23.0 Å². The number of rotatable bonds is 10. The maximum absolute atomic E-state index is 12.9. The standard InChI is InChI=1S/C21H33NO5SSi/c1-8-29(9-2,10-3)27-18(20(23)26-21(5,6)7)14-16(4)17(15-22(24)25)19-12-11-13-28-19/h11-13,17H,8-10,15H2,1-7H3. The van der Waals surface area contributed by atoms with Gasteiger partial charge in [0.15, 0.2) is 0 Å². The molecule has 1 heterocycles. The lowest BCUT2D eigenvalue weighted by molar-refractivity contribution is -0.481. The number of ether oxygens (including phenoxy) is 1. The second-order valence-corrected chi connectivity index (χ2v) is 13.7. The fourth-order valence-electron chi connectivity index (χ4n) is 2.97. The Morgan fingerprint density at radius 3 is 2.28 bits per heavy atom. The molecular formula is C21H33NO5SSi. The van der Waals surface area contributed by atoms with E-state index in [2.05, 4.69) is 26.5 Å². The van der Waals surface area contributed by atoms with Gasteiger partial charge in [-0.25, -0.2) is 4.79 Å². The summed E-state index contributed by atoms with van der Waals surface area (Å²) in [5.41, 5.74) is 2.98. The minimum Gasteiger partial charge on any atom is -0.533 e. The predicted octanol–water partition coefficient (Wildman–Crippen LogP) is 5.90. The molecule has 0 spiro atoms. The normalized spacial score (nSPS) is 12.7. The smallest absolute Gasteiger partial charge is 0.381 e. The zero-order chi connectivity index (χ0) is 22.2. The second-order valence-electron chi connectivity index (χ2n) is 8.07. The lowest BCUT2D eigenvalue weighted by atomic mass is 9.99. The largest absolute Gasteiger partial charge is 0.533 e. The van der Waals surface area contributed by atoms with E-state index >= 15 is 0 Å². The second kappa shape index (κ2) is 10.8. The molecule has 1 aromatic heterocycles. The molecule has 1 rings (SSSR count). The van der Waals surface area contributed by atoms with Crippen molar-refractivity contribution in [2.75, 3.05) is 6.54 Å². The van der Waals surface area contributed by atoms with E-state index in [0.29, 0.717) is 5.57 Å². The number of thiophene rings is 1. The highest BCUT2D eigenvalue weighted by atomic mass is 32.1. The molecule has 1 aromatic rings. The van der Waals surface area contributed by atoms with Crippen LogP contribution in [-0.4, -0.2) is 31.4 Å². The van der Waals surface area contributed by atoms with Gasteiger partial charge in [-0.05, 0) is 62.8 Å². The van der Waals surface area contributed by atoms with Gasteiger partial charge in [-0.1, -0.05) is 32.6 Å². The quantitative estimate of drug-likeness (QED) is 0.0862. The molecule has 1 unspecified atom stereocenters. The van der Waals surface area contributed by atoms with Crippen molar-refractivity contribution in [3.63, 3.8) is 0 Å². The Labute approximate surface area is 178 Å². The summed E-state index contributed by atoms with van der Waals surface area (Å²) < 4.78 is 11.9. The Balaban J connectivity index is 3.51. The third-order valence-electron chi connectivity index (χ3n) is 4.89. The van der Waals surface area contributed by atoms with E-state index in [1.807, 2.05) is 17.5 Å². The van der Waals surface area contributed by atoms with Crippen LogP contribution in [0.3, 0.4) is 0 Å². The van der Waals surface area contributed by atoms with E-state index in [1.54, 1.807) is 27.7 Å². The summed E-state index contributed by atoms with van der Waals surface area (Å²) in [5, 5.41) is 13.1. The van der Waals surface area contributed by atoms with Crippen molar-refractivity contribution in [1.29, 1.82) is 0 Å². The molecule has 0 saturated heterocycles. The van der Waals surface area contributed by atoms with Crippen LogP contribution in [0.1, 0.15) is 59.3 Å². The van der Waals surface area contributed by atoms with Crippen LogP contribution in [0.15, 0.2) is 34.6 Å². The van der Waals surface area contributed by atoms with Crippen LogP contribution < -0.4 is 0 Å². The molecule has 0 aliphatic carbocycles. The van der Waals surface area contributed by atoms with E-state index < -0.39 is 25.8 Å². The van der Waals surface area contributed by atoms with Crippen LogP contribution >= 0.6 is 11.3 Å². The fourth-order valence-corrected chi connectivity index (χ4v) is 6.36. The summed E-state index contributed by atoms with van der Waals surface area (Å²) in [6.07, 6.45) is 0. The van der Waals surface area contributed by atoms with Crippen LogP contribution in [0.4, 0.5) is 0 Å². The molecule has 0 aliphatic heterocycles. The van der Waals surface area contributed by atoms with Crippen molar-refractivity contribution in [1.82, 2.24) is 0 Å². The maximum atomic E-state index is 12.9. The highest BCUT2D eigenvalue weighted by molar-refractivity contribution is 7.10. The summed E-state index contributed by atoms with van der Waals surface area (Å²) >= 11 is 1.45. The van der Waals surface area contributed by atoms with Crippen molar-refractivity contribution in [2.24, 2.45) is 0 Å². The molecule has 0 amide bonds. The molecule has 0 fully saturated rings. The van der Waals surface area contributed by atoms with Gasteiger partial charge in [0.1, 0.15) is 5.60 Å². The molecule has 8 heteroatoms. The summed E-state index contributed by atoms with van der Waals surface area (Å²) in [6, 6.07) is 6.29. The first-order valence-corrected chi connectivity index (χ1v) is 13.4. The molecule has 0 aliphatic rings. The van der Waals surface area contributed by atoms with Gasteiger partial charge in [0.2, 0.25) is 12.3 Å². The number of hydrogen-bond acceptors (Lipinski definition) is 6. The monoisotopic (exact) mass is 439 g/mol. The van der Waals surface area contributed by atoms with Crippen molar-refractivity contribution in [3.8, 4) is 0 Å². The fraction of sp³-hybridized carbons (Fsp3) is 0.619. The SMILES string of the molecule is CC[Si](CC)(CC)OC(=C=C(C)C(C[N+](=O)[O-])c1cccs1)C(=O)OC(C)(C)C. The number of carbonyl (C=O) groups excluding carboxylic acids is 1. The Bertz CT molecular complexity index is 748. The first kappa shape index (κ1) is 25.1. The molecule has 0 bridgehead atoms. The van der Waals surface area contributed by atoms with E-state index in [9.17, 15) is 14.9 Å². The predicted molar refractivity (Wildman–Crippen MR) is 119 cm³/mol. The van der Waals surface area contributed by atoms with Crippen LogP contribution in [0.25, 0.3) is 0 Å². The van der Waals surface area contributed by atoms with Crippen LogP contribution in [0.5, 0.6) is 0 Å². The van der Waals surface area contributed by atoms with Gasteiger partial charge >= 0.3 is 5.97 Å². The molecular weight excluding hydrogens is 406 g/mol. The topological polar surface area (TPSA) is 78.7 Å². The molecule has 1 atom stereocenters. The van der Waals surface area contributed by atoms with Crippen molar-refractivity contribution >= 4 is 25.6 Å². The highest BCUT2D eigenvalue weighted by Gasteiger charge is 2.35. The van der Waals surface area contributed by atoms with Crippen LogP contribution in [0, 0.1) is 10.1 Å². The molecule has 162 valence electrons. The number of hydrogen-bond donors (Lipinski definition) is 0. The van der Waals surface area contributed by atoms with Gasteiger partial charge in [0.05, 0.1) is 5.92 Å². The first-order chi connectivity index (χ1) is 13.5. The van der Waals surface area contributed by atoms with Gasteiger partial charge < -0.3 is 9.16 Å². The van der Waals surface area contributed by atoms with E-state index in [4.69, 9.17) is 9.16 Å². The lowest BCUT2D eigenvalue weighted by Crippen LogP contribution is -2.38. The number of nitro groups is 1. The zero-order valence-corrected chi connectivity index (χ0v) is 20.4. The average molecular weight is 440 g/mol. The highest BCUT2D eigenvalue weighted by Crippen LogP contribution is 2.30. The van der Waals surface area contributed by atoms with Gasteiger partial charge in [-0.3, -0.25) is 10.1 Å². The third kappa shape index (κ3) is 7.80. The van der Waals surface area contributed by atoms with Crippen molar-refractivity contribution in [2.45, 2.75) is 78.1 Å². The number of carbonyl (C=O) groups is 1. The maximum Gasteiger partial charge on any atom is 0.381 e. The third-order valence-corrected chi connectivity index (χ3v) is 10.4. The number of esters is 1. The average Bonchev–Trinajstić information content (AvgIpc) is 3.16. The van der Waals surface area contributed by atoms with Crippen LogP contribution in [-0.2, 0) is 14.0 Å². The Morgan fingerprint density at radius 2 is 1.86 bits per heavy atom. The summed E-state index contributed by atoms with van der Waals surface area (Å²) in [6.45, 7) is 13.1. The first-order valence-electron chi connectivity index (χ1n) is 10.0. The summed E-state index contributed by atoms with van der Waals surface area (Å²) in [4.78, 5) is 24.6. The molecule has 29 heavy (non-hydrogen) atoms. The van der Waals surface area contributed by atoms with Gasteiger partial charge in [0, 0.05) is 9.80 Å².